The minimum Gasteiger partial charge on any atom is -0.454 e. The number of benzene rings is 2. The van der Waals surface area contributed by atoms with Crippen LogP contribution >= 0.6 is 0 Å². The first-order chi connectivity index (χ1) is 11.3. The molecule has 0 radical (unpaired) electrons. The zero-order valence-electron chi connectivity index (χ0n) is 12.7. The number of pyridine rings is 1. The number of imidazole rings is 1. The molecule has 4 aromatic rings. The summed E-state index contributed by atoms with van der Waals surface area (Å²) in [6, 6.07) is 13.6. The monoisotopic (exact) mass is 304 g/mol. The number of nitrogen functional groups attached to an aromatic ring is 1. The van der Waals surface area contributed by atoms with Crippen LogP contribution in [0.15, 0.2) is 55.0 Å². The summed E-state index contributed by atoms with van der Waals surface area (Å²) in [5.74, 6) is 1.51. The molecule has 0 spiro atoms. The minimum atomic E-state index is 0.684. The second-order valence-electron chi connectivity index (χ2n) is 5.31. The van der Waals surface area contributed by atoms with Gasteiger partial charge in [-0.05, 0) is 19.1 Å². The van der Waals surface area contributed by atoms with Crippen molar-refractivity contribution in [2.24, 2.45) is 0 Å². The quantitative estimate of drug-likeness (QED) is 0.581. The Morgan fingerprint density at radius 3 is 2.65 bits per heavy atom. The number of hydrogen-bond acceptors (Lipinski definition) is 4. The molecule has 0 bridgehead atoms. The predicted octanol–water partition coefficient (Wildman–Crippen LogP) is 3.98. The van der Waals surface area contributed by atoms with E-state index >= 15 is 0 Å². The Balaban J connectivity index is 1.89. The van der Waals surface area contributed by atoms with Crippen molar-refractivity contribution in [1.82, 2.24) is 14.5 Å². The largest absolute Gasteiger partial charge is 0.454 e. The lowest BCUT2D eigenvalue weighted by Gasteiger charge is -2.12. The smallest absolute Gasteiger partial charge is 0.181 e. The number of hydrogen-bond donors (Lipinski definition) is 1. The van der Waals surface area contributed by atoms with E-state index in [-0.39, 0.29) is 0 Å². The first-order valence-electron chi connectivity index (χ1n) is 7.53. The molecular formula is C18H16N4O. The maximum Gasteiger partial charge on any atom is 0.181 e. The molecule has 0 saturated heterocycles. The highest BCUT2D eigenvalue weighted by molar-refractivity contribution is 5.97. The third-order valence-electron chi connectivity index (χ3n) is 3.95. The SMILES string of the molecule is CCn1cnc2nccc(Oc3ccc(N)c4ccccc34)c21. The maximum atomic E-state index is 6.20. The van der Waals surface area contributed by atoms with Crippen LogP contribution in [0.1, 0.15) is 6.92 Å². The molecule has 0 unspecified atom stereocenters. The third-order valence-corrected chi connectivity index (χ3v) is 3.95. The summed E-state index contributed by atoms with van der Waals surface area (Å²) in [7, 11) is 0. The number of rotatable bonds is 3. The molecule has 2 aromatic carbocycles. The summed E-state index contributed by atoms with van der Waals surface area (Å²) >= 11 is 0. The van der Waals surface area contributed by atoms with Crippen LogP contribution in [-0.4, -0.2) is 14.5 Å². The first kappa shape index (κ1) is 13.6. The van der Waals surface area contributed by atoms with Crippen LogP contribution in [0.2, 0.25) is 0 Å². The van der Waals surface area contributed by atoms with Crippen molar-refractivity contribution in [2.45, 2.75) is 13.5 Å². The van der Waals surface area contributed by atoms with Gasteiger partial charge in [0.2, 0.25) is 0 Å². The van der Waals surface area contributed by atoms with E-state index in [4.69, 9.17) is 10.5 Å². The summed E-state index contributed by atoms with van der Waals surface area (Å²) in [6.07, 6.45) is 3.50. The zero-order valence-corrected chi connectivity index (χ0v) is 12.7. The van der Waals surface area contributed by atoms with E-state index in [1.54, 1.807) is 12.5 Å². The number of nitrogens with zero attached hydrogens (tertiary/aromatic N) is 3. The Morgan fingerprint density at radius 2 is 1.83 bits per heavy atom. The van der Waals surface area contributed by atoms with Crippen LogP contribution in [0.25, 0.3) is 21.9 Å². The summed E-state index contributed by atoms with van der Waals surface area (Å²) in [5, 5.41) is 1.97. The molecule has 0 aliphatic carbocycles. The Morgan fingerprint density at radius 1 is 1.00 bits per heavy atom. The maximum absolute atomic E-state index is 6.20. The van der Waals surface area contributed by atoms with Crippen molar-refractivity contribution in [3.63, 3.8) is 0 Å². The molecule has 0 amide bonds. The molecule has 0 fully saturated rings. The van der Waals surface area contributed by atoms with E-state index in [9.17, 15) is 0 Å². The van der Waals surface area contributed by atoms with Gasteiger partial charge in [-0.15, -0.1) is 0 Å². The van der Waals surface area contributed by atoms with Gasteiger partial charge in [-0.2, -0.15) is 0 Å². The fraction of sp³-hybridized carbons (Fsp3) is 0.111. The zero-order chi connectivity index (χ0) is 15.8. The molecule has 114 valence electrons. The van der Waals surface area contributed by atoms with E-state index in [1.807, 2.05) is 47.0 Å². The number of aromatic nitrogens is 3. The standard InChI is InChI=1S/C18H16N4O/c1-2-22-11-21-18-17(22)16(9-10-20-18)23-15-8-7-14(19)12-5-3-4-6-13(12)15/h3-11H,2,19H2,1H3. The number of fused-ring (bicyclic) bond motifs is 2. The normalized spacial score (nSPS) is 11.2. The van der Waals surface area contributed by atoms with Crippen molar-refractivity contribution in [3.05, 3.63) is 55.0 Å². The third kappa shape index (κ3) is 2.17. The van der Waals surface area contributed by atoms with Gasteiger partial charge in [0.1, 0.15) is 11.3 Å². The molecule has 23 heavy (non-hydrogen) atoms. The lowest BCUT2D eigenvalue weighted by atomic mass is 10.1. The van der Waals surface area contributed by atoms with E-state index in [0.29, 0.717) is 5.65 Å². The highest BCUT2D eigenvalue weighted by Gasteiger charge is 2.12. The van der Waals surface area contributed by atoms with Gasteiger partial charge in [-0.1, -0.05) is 24.3 Å². The van der Waals surface area contributed by atoms with E-state index in [1.165, 1.54) is 0 Å². The van der Waals surface area contributed by atoms with Gasteiger partial charge < -0.3 is 15.0 Å². The van der Waals surface area contributed by atoms with Crippen LogP contribution < -0.4 is 10.5 Å². The lowest BCUT2D eigenvalue weighted by Crippen LogP contribution is -1.96. The molecule has 5 nitrogen and oxygen atoms in total. The molecule has 2 N–H and O–H groups in total. The fourth-order valence-corrected chi connectivity index (χ4v) is 2.80. The van der Waals surface area contributed by atoms with Gasteiger partial charge in [0.15, 0.2) is 11.4 Å². The molecule has 5 heteroatoms. The van der Waals surface area contributed by atoms with Crippen LogP contribution in [0.4, 0.5) is 5.69 Å². The highest BCUT2D eigenvalue weighted by atomic mass is 16.5. The Kier molecular flexibility index (Phi) is 3.12. The second kappa shape index (κ2) is 5.28. The summed E-state index contributed by atoms with van der Waals surface area (Å²) in [4.78, 5) is 8.62. The molecule has 0 aliphatic rings. The van der Waals surface area contributed by atoms with Crippen LogP contribution in [0.5, 0.6) is 11.5 Å². The van der Waals surface area contributed by atoms with Gasteiger partial charge in [-0.25, -0.2) is 9.97 Å². The van der Waals surface area contributed by atoms with E-state index < -0.39 is 0 Å². The molecular weight excluding hydrogens is 288 g/mol. The van der Waals surface area contributed by atoms with Gasteiger partial charge >= 0.3 is 0 Å². The van der Waals surface area contributed by atoms with E-state index in [0.717, 1.165) is 40.0 Å². The minimum absolute atomic E-state index is 0.684. The van der Waals surface area contributed by atoms with Crippen LogP contribution in [0, 0.1) is 0 Å². The molecule has 2 heterocycles. The predicted molar refractivity (Wildman–Crippen MR) is 91.6 cm³/mol. The van der Waals surface area contributed by atoms with Gasteiger partial charge in [0.25, 0.3) is 0 Å². The van der Waals surface area contributed by atoms with Crippen LogP contribution in [-0.2, 0) is 6.54 Å². The topological polar surface area (TPSA) is 66.0 Å². The van der Waals surface area contributed by atoms with Crippen molar-refractivity contribution in [1.29, 1.82) is 0 Å². The Bertz CT molecular complexity index is 1010. The Hall–Kier alpha value is -3.08. The average Bonchev–Trinajstić information content (AvgIpc) is 3.02. The highest BCUT2D eigenvalue weighted by Crippen LogP contribution is 2.35. The number of ether oxygens (including phenoxy) is 1. The van der Waals surface area contributed by atoms with E-state index in [2.05, 4.69) is 16.9 Å². The average molecular weight is 304 g/mol. The van der Waals surface area contributed by atoms with Crippen LogP contribution in [0.3, 0.4) is 0 Å². The summed E-state index contributed by atoms with van der Waals surface area (Å²) < 4.78 is 8.23. The molecule has 0 aliphatic heterocycles. The van der Waals surface area contributed by atoms with Crippen molar-refractivity contribution >= 4 is 27.6 Å². The second-order valence-corrected chi connectivity index (χ2v) is 5.31. The number of nitrogens with two attached hydrogens (primary N) is 1. The van der Waals surface area contributed by atoms with Gasteiger partial charge in [0.05, 0.1) is 6.33 Å². The van der Waals surface area contributed by atoms with Crippen molar-refractivity contribution in [3.8, 4) is 11.5 Å². The molecule has 0 atom stereocenters. The summed E-state index contributed by atoms with van der Waals surface area (Å²) in [5.41, 5.74) is 8.38. The molecule has 2 aromatic heterocycles. The number of anilines is 1. The lowest BCUT2D eigenvalue weighted by molar-refractivity contribution is 0.490. The number of aryl methyl sites for hydroxylation is 1. The fourth-order valence-electron chi connectivity index (χ4n) is 2.80. The van der Waals surface area contributed by atoms with Crippen molar-refractivity contribution < 1.29 is 4.74 Å². The first-order valence-corrected chi connectivity index (χ1v) is 7.53. The Labute approximate surface area is 133 Å². The van der Waals surface area contributed by atoms with Gasteiger partial charge in [0, 0.05) is 35.3 Å². The summed E-state index contributed by atoms with van der Waals surface area (Å²) in [6.45, 7) is 2.87. The van der Waals surface area contributed by atoms with Crippen molar-refractivity contribution in [2.75, 3.05) is 5.73 Å². The molecule has 0 saturated carbocycles. The van der Waals surface area contributed by atoms with Gasteiger partial charge in [-0.3, -0.25) is 0 Å². The molecule has 4 rings (SSSR count).